The minimum atomic E-state index is -0.678. The molecule has 1 unspecified atom stereocenters. The van der Waals surface area contributed by atoms with Crippen LogP contribution in [0, 0.1) is 0 Å². The molecule has 0 aromatic heterocycles. The number of amides is 2. The number of carbonyl (C=O) groups excluding carboxylic acids is 2. The van der Waals surface area contributed by atoms with Gasteiger partial charge in [0.25, 0.3) is 5.91 Å². The zero-order chi connectivity index (χ0) is 14.1. The van der Waals surface area contributed by atoms with Crippen LogP contribution in [-0.4, -0.2) is 42.5 Å². The van der Waals surface area contributed by atoms with E-state index in [9.17, 15) is 9.59 Å². The molecule has 1 aromatic carbocycles. The van der Waals surface area contributed by atoms with Gasteiger partial charge in [0.1, 0.15) is 6.04 Å². The van der Waals surface area contributed by atoms with E-state index in [0.717, 1.165) is 18.7 Å². The highest BCUT2D eigenvalue weighted by Gasteiger charge is 2.32. The number of rotatable bonds is 2. The molecule has 2 aliphatic heterocycles. The largest absolute Gasteiger partial charge is 0.377 e. The highest BCUT2D eigenvalue weighted by atomic mass is 16.5. The van der Waals surface area contributed by atoms with Crippen LogP contribution in [0.2, 0.25) is 0 Å². The van der Waals surface area contributed by atoms with Gasteiger partial charge in [0, 0.05) is 25.2 Å². The molecule has 20 heavy (non-hydrogen) atoms. The van der Waals surface area contributed by atoms with Gasteiger partial charge in [-0.1, -0.05) is 6.07 Å². The van der Waals surface area contributed by atoms with Gasteiger partial charge < -0.3 is 20.7 Å². The van der Waals surface area contributed by atoms with Crippen LogP contribution in [0.5, 0.6) is 0 Å². The summed E-state index contributed by atoms with van der Waals surface area (Å²) in [4.78, 5) is 25.5. The van der Waals surface area contributed by atoms with Crippen molar-refractivity contribution >= 4 is 11.8 Å². The number of ether oxygens (including phenoxy) is 1. The predicted octanol–water partition coefficient (Wildman–Crippen LogP) is -0.384. The van der Waals surface area contributed by atoms with E-state index in [1.807, 2.05) is 18.2 Å². The molecule has 106 valence electrons. The number of morpholine rings is 1. The normalized spacial score (nSPS) is 21.6. The second-order valence-electron chi connectivity index (χ2n) is 5.08. The molecule has 0 spiro atoms. The van der Waals surface area contributed by atoms with Crippen molar-refractivity contribution in [1.29, 1.82) is 0 Å². The Bertz CT molecular complexity index is 559. The first-order valence-electron chi connectivity index (χ1n) is 6.67. The monoisotopic (exact) mass is 275 g/mol. The minimum Gasteiger partial charge on any atom is -0.377 e. The fourth-order valence-electron chi connectivity index (χ4n) is 2.68. The summed E-state index contributed by atoms with van der Waals surface area (Å²) in [7, 11) is 0. The lowest BCUT2D eigenvalue weighted by atomic mass is 10.0. The van der Waals surface area contributed by atoms with E-state index in [4.69, 9.17) is 10.5 Å². The standard InChI is InChI=1S/C14H17N3O3/c15-13(18)12-8-20-4-3-17(12)14(19)9-1-2-10-6-16-7-11(10)5-9/h1-2,5,12,16H,3-4,6-8H2,(H2,15,18). The number of nitrogens with one attached hydrogen (secondary N) is 1. The van der Waals surface area contributed by atoms with Gasteiger partial charge in [-0.05, 0) is 23.3 Å². The molecule has 1 fully saturated rings. The van der Waals surface area contributed by atoms with Gasteiger partial charge in [-0.2, -0.15) is 0 Å². The Morgan fingerprint density at radius 2 is 2.10 bits per heavy atom. The summed E-state index contributed by atoms with van der Waals surface area (Å²) >= 11 is 0. The average Bonchev–Trinajstić information content (AvgIpc) is 2.93. The summed E-state index contributed by atoms with van der Waals surface area (Å²) < 4.78 is 5.23. The zero-order valence-corrected chi connectivity index (χ0v) is 11.1. The summed E-state index contributed by atoms with van der Waals surface area (Å²) in [5.74, 6) is -0.687. The van der Waals surface area contributed by atoms with E-state index in [0.29, 0.717) is 18.7 Å². The number of nitrogens with zero attached hydrogens (tertiary/aromatic N) is 1. The molecule has 3 N–H and O–H groups in total. The summed E-state index contributed by atoms with van der Waals surface area (Å²) in [5.41, 5.74) is 8.29. The quantitative estimate of drug-likeness (QED) is 0.770. The van der Waals surface area contributed by atoms with E-state index in [2.05, 4.69) is 5.32 Å². The van der Waals surface area contributed by atoms with Crippen molar-refractivity contribution in [3.8, 4) is 0 Å². The third-order valence-corrected chi connectivity index (χ3v) is 3.80. The maximum Gasteiger partial charge on any atom is 0.254 e. The molecule has 0 radical (unpaired) electrons. The van der Waals surface area contributed by atoms with Gasteiger partial charge >= 0.3 is 0 Å². The smallest absolute Gasteiger partial charge is 0.254 e. The van der Waals surface area contributed by atoms with Crippen LogP contribution in [-0.2, 0) is 22.6 Å². The van der Waals surface area contributed by atoms with E-state index in [-0.39, 0.29) is 12.5 Å². The lowest BCUT2D eigenvalue weighted by Gasteiger charge is -2.33. The number of hydrogen-bond donors (Lipinski definition) is 2. The molecule has 2 aliphatic rings. The van der Waals surface area contributed by atoms with E-state index in [1.54, 1.807) is 0 Å². The number of nitrogens with two attached hydrogens (primary N) is 1. The lowest BCUT2D eigenvalue weighted by Crippen LogP contribution is -2.54. The number of primary amides is 1. The van der Waals surface area contributed by atoms with Gasteiger partial charge in [-0.25, -0.2) is 0 Å². The van der Waals surface area contributed by atoms with E-state index >= 15 is 0 Å². The van der Waals surface area contributed by atoms with Crippen molar-refractivity contribution in [2.24, 2.45) is 5.73 Å². The van der Waals surface area contributed by atoms with Gasteiger partial charge in [0.2, 0.25) is 5.91 Å². The van der Waals surface area contributed by atoms with Crippen LogP contribution >= 0.6 is 0 Å². The fourth-order valence-corrected chi connectivity index (χ4v) is 2.68. The molecule has 2 amide bonds. The molecule has 0 bridgehead atoms. The van der Waals surface area contributed by atoms with Crippen molar-refractivity contribution < 1.29 is 14.3 Å². The molecule has 2 heterocycles. The Kier molecular flexibility index (Phi) is 3.42. The fraction of sp³-hybridized carbons (Fsp3) is 0.429. The Hall–Kier alpha value is -1.92. The lowest BCUT2D eigenvalue weighted by molar-refractivity contribution is -0.127. The zero-order valence-electron chi connectivity index (χ0n) is 11.1. The van der Waals surface area contributed by atoms with Crippen LogP contribution in [0.4, 0.5) is 0 Å². The third kappa shape index (κ3) is 2.28. The summed E-state index contributed by atoms with van der Waals surface area (Å²) in [5, 5.41) is 3.24. The van der Waals surface area contributed by atoms with Crippen LogP contribution in [0.1, 0.15) is 21.5 Å². The molecule has 3 rings (SSSR count). The number of carbonyl (C=O) groups is 2. The topological polar surface area (TPSA) is 84.7 Å². The van der Waals surface area contributed by atoms with Crippen molar-refractivity contribution in [3.05, 3.63) is 34.9 Å². The maximum absolute atomic E-state index is 12.6. The van der Waals surface area contributed by atoms with Crippen LogP contribution in [0.25, 0.3) is 0 Å². The Labute approximate surface area is 116 Å². The molecule has 0 saturated carbocycles. The predicted molar refractivity (Wildman–Crippen MR) is 71.8 cm³/mol. The third-order valence-electron chi connectivity index (χ3n) is 3.80. The van der Waals surface area contributed by atoms with E-state index in [1.165, 1.54) is 10.5 Å². The van der Waals surface area contributed by atoms with Crippen molar-refractivity contribution in [2.75, 3.05) is 19.8 Å². The minimum absolute atomic E-state index is 0.160. The second-order valence-corrected chi connectivity index (χ2v) is 5.08. The molecule has 1 atom stereocenters. The van der Waals surface area contributed by atoms with Crippen molar-refractivity contribution in [1.82, 2.24) is 10.2 Å². The van der Waals surface area contributed by atoms with Crippen molar-refractivity contribution in [3.63, 3.8) is 0 Å². The van der Waals surface area contributed by atoms with Gasteiger partial charge in [-0.3, -0.25) is 9.59 Å². The molecule has 1 aromatic rings. The molecule has 0 aliphatic carbocycles. The van der Waals surface area contributed by atoms with Crippen LogP contribution < -0.4 is 11.1 Å². The first-order valence-corrected chi connectivity index (χ1v) is 6.67. The maximum atomic E-state index is 12.6. The SMILES string of the molecule is NC(=O)C1COCCN1C(=O)c1ccc2c(c1)CNC2. The van der Waals surface area contributed by atoms with Crippen molar-refractivity contribution in [2.45, 2.75) is 19.1 Å². The van der Waals surface area contributed by atoms with Crippen LogP contribution in [0.15, 0.2) is 18.2 Å². The molecular formula is C14H17N3O3. The van der Waals surface area contributed by atoms with Gasteiger partial charge in [0.15, 0.2) is 0 Å². The van der Waals surface area contributed by atoms with E-state index < -0.39 is 11.9 Å². The Balaban J connectivity index is 1.85. The molecule has 6 nitrogen and oxygen atoms in total. The Morgan fingerprint density at radius 1 is 1.30 bits per heavy atom. The number of fused-ring (bicyclic) bond motifs is 1. The molecule has 6 heteroatoms. The highest BCUT2D eigenvalue weighted by molar-refractivity contribution is 5.97. The van der Waals surface area contributed by atoms with Crippen LogP contribution in [0.3, 0.4) is 0 Å². The summed E-state index contributed by atoms with van der Waals surface area (Å²) in [6.45, 7) is 2.61. The van der Waals surface area contributed by atoms with Gasteiger partial charge in [-0.15, -0.1) is 0 Å². The summed E-state index contributed by atoms with van der Waals surface area (Å²) in [6, 6.07) is 4.98. The number of hydrogen-bond acceptors (Lipinski definition) is 4. The molecule has 1 saturated heterocycles. The number of benzene rings is 1. The Morgan fingerprint density at radius 3 is 2.90 bits per heavy atom. The highest BCUT2D eigenvalue weighted by Crippen LogP contribution is 2.19. The second kappa shape index (κ2) is 5.22. The average molecular weight is 275 g/mol. The van der Waals surface area contributed by atoms with Gasteiger partial charge in [0.05, 0.1) is 13.2 Å². The first-order chi connectivity index (χ1) is 9.66. The first kappa shape index (κ1) is 13.1. The molecular weight excluding hydrogens is 258 g/mol. The summed E-state index contributed by atoms with van der Waals surface area (Å²) in [6.07, 6.45) is 0.